The minimum atomic E-state index is -0.547. The highest BCUT2D eigenvalue weighted by molar-refractivity contribution is 6.22. The van der Waals surface area contributed by atoms with Gasteiger partial charge in [-0.05, 0) is 124 Å². The molecule has 0 atom stereocenters. The van der Waals surface area contributed by atoms with Gasteiger partial charge in [-0.25, -0.2) is 0 Å². The van der Waals surface area contributed by atoms with Gasteiger partial charge in [0.25, 0.3) is 0 Å². The van der Waals surface area contributed by atoms with Crippen LogP contribution >= 0.6 is 0 Å². The minimum absolute atomic E-state index is 0.547. The molecule has 0 fully saturated rings. The van der Waals surface area contributed by atoms with Crippen LogP contribution in [0.4, 0.5) is 17.1 Å². The summed E-state index contributed by atoms with van der Waals surface area (Å²) in [7, 11) is 0. The van der Waals surface area contributed by atoms with Crippen molar-refractivity contribution in [3.05, 3.63) is 295 Å². The third kappa shape index (κ3) is 6.17. The smallest absolute Gasteiger partial charge is 0.0714 e. The lowest BCUT2D eigenvalue weighted by Crippen LogP contribution is -2.28. The molecular weight excluding hydrogens is 819 g/mol. The zero-order chi connectivity index (χ0) is 45.0. The summed E-state index contributed by atoms with van der Waals surface area (Å²) in [4.78, 5) is 2.53. The number of fused-ring (bicyclic) bond motifs is 7. The van der Waals surface area contributed by atoms with Gasteiger partial charge in [0, 0.05) is 16.9 Å². The quantitative estimate of drug-likeness (QED) is 0.138. The number of rotatable bonds is 8. The van der Waals surface area contributed by atoms with E-state index in [0.717, 1.165) is 17.1 Å². The summed E-state index contributed by atoms with van der Waals surface area (Å²) in [6.07, 6.45) is 0. The van der Waals surface area contributed by atoms with Gasteiger partial charge in [-0.2, -0.15) is 0 Å². The normalized spacial score (nSPS) is 12.5. The Morgan fingerprint density at radius 1 is 0.265 bits per heavy atom. The van der Waals surface area contributed by atoms with Gasteiger partial charge < -0.3 is 4.90 Å². The predicted molar refractivity (Wildman–Crippen MR) is 287 cm³/mol. The summed E-state index contributed by atoms with van der Waals surface area (Å²) in [6, 6.07) is 101. The monoisotopic (exact) mass is 863 g/mol. The maximum atomic E-state index is 2.53. The summed E-state index contributed by atoms with van der Waals surface area (Å²) in [5, 5.41) is 7.38. The van der Waals surface area contributed by atoms with Crippen molar-refractivity contribution in [3.63, 3.8) is 0 Å². The van der Waals surface area contributed by atoms with Gasteiger partial charge in [0.15, 0.2) is 0 Å². The van der Waals surface area contributed by atoms with Gasteiger partial charge in [-0.1, -0.05) is 243 Å². The van der Waals surface area contributed by atoms with E-state index in [9.17, 15) is 0 Å². The molecule has 318 valence electrons. The van der Waals surface area contributed by atoms with Gasteiger partial charge in [0.1, 0.15) is 0 Å². The maximum Gasteiger partial charge on any atom is 0.0714 e. The van der Waals surface area contributed by atoms with Crippen molar-refractivity contribution in [1.29, 1.82) is 0 Å². The van der Waals surface area contributed by atoms with Gasteiger partial charge in [0.05, 0.1) is 11.1 Å². The van der Waals surface area contributed by atoms with Crippen LogP contribution in [0.15, 0.2) is 273 Å². The molecule has 12 aromatic rings. The first-order chi connectivity index (χ1) is 33.8. The Morgan fingerprint density at radius 2 is 0.750 bits per heavy atom. The number of benzene rings is 12. The average molecular weight is 864 g/mol. The molecule has 0 spiro atoms. The van der Waals surface area contributed by atoms with Crippen molar-refractivity contribution in [1.82, 2.24) is 0 Å². The summed E-state index contributed by atoms with van der Waals surface area (Å²) < 4.78 is 0. The Hall–Kier alpha value is -8.78. The summed E-state index contributed by atoms with van der Waals surface area (Å²) in [5.41, 5.74) is 17.5. The Morgan fingerprint density at radius 3 is 1.47 bits per heavy atom. The van der Waals surface area contributed by atoms with Crippen LogP contribution in [0.5, 0.6) is 0 Å². The molecule has 13 rings (SSSR count). The van der Waals surface area contributed by atoms with Crippen LogP contribution in [0.3, 0.4) is 0 Å². The zero-order valence-electron chi connectivity index (χ0n) is 37.4. The third-order valence-corrected chi connectivity index (χ3v) is 14.3. The van der Waals surface area contributed by atoms with Crippen molar-refractivity contribution >= 4 is 49.4 Å². The number of nitrogens with zero attached hydrogens (tertiary/aromatic N) is 1. The topological polar surface area (TPSA) is 3.24 Å². The molecule has 68 heavy (non-hydrogen) atoms. The molecule has 12 aromatic carbocycles. The van der Waals surface area contributed by atoms with Crippen molar-refractivity contribution < 1.29 is 0 Å². The molecule has 0 amide bonds. The van der Waals surface area contributed by atoms with Crippen LogP contribution in [0.25, 0.3) is 76.8 Å². The molecule has 1 aliphatic carbocycles. The SMILES string of the molecule is c1ccc(-c2c(-c3ccccc3)c3cc(N(c4cccc(-c5cccc6ccccc56)c4)c4cccc5c4-c4ccccc4C5(c4ccccc4)c4ccccc4)ccc3c3ccccc23)cc1. The molecule has 0 saturated carbocycles. The molecule has 1 heteroatoms. The molecule has 0 heterocycles. The van der Waals surface area contributed by atoms with Crippen molar-refractivity contribution in [3.8, 4) is 44.5 Å². The number of anilines is 3. The van der Waals surface area contributed by atoms with E-state index in [1.54, 1.807) is 0 Å². The van der Waals surface area contributed by atoms with Crippen molar-refractivity contribution in [2.45, 2.75) is 5.41 Å². The lowest BCUT2D eigenvalue weighted by atomic mass is 9.68. The molecule has 1 nitrogen and oxygen atoms in total. The van der Waals surface area contributed by atoms with E-state index in [1.165, 1.54) is 99.1 Å². The second kappa shape index (κ2) is 16.3. The van der Waals surface area contributed by atoms with Crippen molar-refractivity contribution in [2.75, 3.05) is 4.90 Å². The van der Waals surface area contributed by atoms with Crippen LogP contribution in [0.2, 0.25) is 0 Å². The molecule has 0 aliphatic heterocycles. The second-order valence-corrected chi connectivity index (χ2v) is 17.9. The zero-order valence-corrected chi connectivity index (χ0v) is 37.4. The Kier molecular flexibility index (Phi) is 9.47. The van der Waals surface area contributed by atoms with Crippen molar-refractivity contribution in [2.24, 2.45) is 0 Å². The van der Waals surface area contributed by atoms with E-state index in [1.807, 2.05) is 0 Å². The fraction of sp³-hybridized carbons (Fsp3) is 0.0149. The second-order valence-electron chi connectivity index (χ2n) is 17.9. The van der Waals surface area contributed by atoms with Crippen LogP contribution < -0.4 is 4.90 Å². The maximum absolute atomic E-state index is 2.53. The van der Waals surface area contributed by atoms with E-state index < -0.39 is 5.41 Å². The lowest BCUT2D eigenvalue weighted by Gasteiger charge is -2.34. The standard InChI is InChI=1S/C67H45N/c1-5-23-47(24-6-1)64-58-36-16-15-35-56(58)57-43-42-53(45-60(57)65(64)48-25-7-2-8-26-48)68(52-33-19-28-49(44-52)55-38-20-27-46-22-13-14-34-54(46)55)63-41-21-40-62-66(63)59-37-17-18-39-61(59)67(62,50-29-9-3-10-30-50)51-31-11-4-12-32-51/h1-45H. The van der Waals surface area contributed by atoms with Crippen LogP contribution in [0.1, 0.15) is 22.3 Å². The lowest BCUT2D eigenvalue weighted by molar-refractivity contribution is 0.768. The largest absolute Gasteiger partial charge is 0.310 e. The molecular formula is C67H45N. The first kappa shape index (κ1) is 39.6. The van der Waals surface area contributed by atoms with E-state index in [2.05, 4.69) is 278 Å². The van der Waals surface area contributed by atoms with Crippen LogP contribution in [0, 0.1) is 0 Å². The van der Waals surface area contributed by atoms with Crippen LogP contribution in [-0.4, -0.2) is 0 Å². The fourth-order valence-corrected chi connectivity index (χ4v) is 11.5. The van der Waals surface area contributed by atoms with E-state index in [4.69, 9.17) is 0 Å². The number of hydrogen-bond acceptors (Lipinski definition) is 1. The summed E-state index contributed by atoms with van der Waals surface area (Å²) in [5.74, 6) is 0. The summed E-state index contributed by atoms with van der Waals surface area (Å²) in [6.45, 7) is 0. The molecule has 0 radical (unpaired) electrons. The van der Waals surface area contributed by atoms with E-state index in [0.29, 0.717) is 0 Å². The minimum Gasteiger partial charge on any atom is -0.310 e. The molecule has 0 bridgehead atoms. The van der Waals surface area contributed by atoms with Gasteiger partial charge in [0.2, 0.25) is 0 Å². The molecule has 0 unspecified atom stereocenters. The van der Waals surface area contributed by atoms with Gasteiger partial charge >= 0.3 is 0 Å². The first-order valence-corrected chi connectivity index (χ1v) is 23.6. The average Bonchev–Trinajstić information content (AvgIpc) is 3.73. The van der Waals surface area contributed by atoms with Gasteiger partial charge in [-0.15, -0.1) is 0 Å². The molecule has 0 saturated heterocycles. The Labute approximate surface area is 397 Å². The highest BCUT2D eigenvalue weighted by Gasteiger charge is 2.47. The van der Waals surface area contributed by atoms with E-state index in [-0.39, 0.29) is 0 Å². The Balaban J connectivity index is 1.14. The van der Waals surface area contributed by atoms with E-state index >= 15 is 0 Å². The fourth-order valence-electron chi connectivity index (χ4n) is 11.5. The molecule has 1 aliphatic rings. The number of hydrogen-bond donors (Lipinski definition) is 0. The summed E-state index contributed by atoms with van der Waals surface area (Å²) >= 11 is 0. The molecule has 0 aromatic heterocycles. The predicted octanol–water partition coefficient (Wildman–Crippen LogP) is 18.0. The third-order valence-electron chi connectivity index (χ3n) is 14.3. The molecule has 0 N–H and O–H groups in total. The highest BCUT2D eigenvalue weighted by Crippen LogP contribution is 2.60. The van der Waals surface area contributed by atoms with Gasteiger partial charge in [-0.3, -0.25) is 0 Å². The first-order valence-electron chi connectivity index (χ1n) is 23.6. The Bertz CT molecular complexity index is 3790. The van der Waals surface area contributed by atoms with Crippen LogP contribution in [-0.2, 0) is 5.41 Å². The highest BCUT2D eigenvalue weighted by atomic mass is 15.1.